The van der Waals surface area contributed by atoms with Crippen molar-refractivity contribution in [1.29, 1.82) is 0 Å². The van der Waals surface area contributed by atoms with Crippen LogP contribution in [-0.2, 0) is 0 Å². The van der Waals surface area contributed by atoms with E-state index >= 15 is 0 Å². The summed E-state index contributed by atoms with van der Waals surface area (Å²) in [6.45, 7) is 0. The Morgan fingerprint density at radius 1 is 0.783 bits per heavy atom. The molecule has 3 nitrogen and oxygen atoms in total. The lowest BCUT2D eigenvalue weighted by atomic mass is 9.95. The van der Waals surface area contributed by atoms with Gasteiger partial charge in [0.05, 0.1) is 17.1 Å². The van der Waals surface area contributed by atoms with E-state index in [9.17, 15) is 0 Å². The Kier molecular flexibility index (Phi) is 4.46. The van der Waals surface area contributed by atoms with E-state index < -0.39 is 0 Å². The van der Waals surface area contributed by atoms with Crippen molar-refractivity contribution in [3.8, 4) is 11.1 Å². The molecule has 0 fully saturated rings. The van der Waals surface area contributed by atoms with Crippen LogP contribution in [0.5, 0.6) is 0 Å². The van der Waals surface area contributed by atoms with Gasteiger partial charge in [0.1, 0.15) is 0 Å². The van der Waals surface area contributed by atoms with Gasteiger partial charge in [0.15, 0.2) is 0 Å². The zero-order valence-electron chi connectivity index (χ0n) is 12.4. The molecule has 1 aromatic carbocycles. The summed E-state index contributed by atoms with van der Waals surface area (Å²) in [5.74, 6) is 0. The van der Waals surface area contributed by atoms with Crippen LogP contribution in [0.1, 0.15) is 11.3 Å². The molecule has 0 atom stereocenters. The van der Waals surface area contributed by atoms with E-state index in [1.165, 1.54) is 16.0 Å². The van der Waals surface area contributed by atoms with Crippen molar-refractivity contribution in [2.75, 3.05) is 0 Å². The molecule has 2 heterocycles. The highest BCUT2D eigenvalue weighted by atomic mass is 32.1. The first-order chi connectivity index (χ1) is 10.9. The number of hydrogen-bond acceptors (Lipinski definition) is 3. The summed E-state index contributed by atoms with van der Waals surface area (Å²) in [4.78, 5) is 10.3. The first kappa shape index (κ1) is 15.3. The smallest absolute Gasteiger partial charge is 0.0890 e. The Morgan fingerprint density at radius 2 is 1.48 bits per heavy atom. The van der Waals surface area contributed by atoms with E-state index in [0.29, 0.717) is 0 Å². The molecule has 0 saturated carbocycles. The Hall–Kier alpha value is -2.56. The van der Waals surface area contributed by atoms with Crippen LogP contribution < -0.4 is 0 Å². The molecule has 1 aromatic heterocycles. The first-order valence-corrected chi connectivity index (χ1v) is 8.11. The molecule has 3 aliphatic rings. The standard InChI is InChI=1S/C13H10N2S.C6H4.H2O/c1-2-5-11-10(4-1)14-8-7-12(15-11)13-6-3-9-16-13;1-2-6-4-3-5(1)6;/h1-6,8-9H,7H2;1-4H;1H2. The van der Waals surface area contributed by atoms with Gasteiger partial charge >= 0.3 is 0 Å². The molecule has 0 radical (unpaired) electrons. The fourth-order valence-corrected chi connectivity index (χ4v) is 3.08. The maximum Gasteiger partial charge on any atom is 0.0890 e. The summed E-state index contributed by atoms with van der Waals surface area (Å²) in [6.07, 6.45) is 2.74. The number of hydrogen-bond donors (Lipinski definition) is 0. The van der Waals surface area contributed by atoms with Crippen LogP contribution in [-0.4, -0.2) is 17.4 Å². The SMILES string of the molecule is C1=Nc2ccccc2N=C(c2cccs2)C1.O.c1cc2ccc1-2. The number of fused-ring (bicyclic) bond motifs is 2. The predicted molar refractivity (Wildman–Crippen MR) is 98.8 cm³/mol. The molecule has 0 amide bonds. The fourth-order valence-electron chi connectivity index (χ4n) is 2.35. The molecule has 114 valence electrons. The largest absolute Gasteiger partial charge is 0.412 e. The summed E-state index contributed by atoms with van der Waals surface area (Å²) in [7, 11) is 0. The van der Waals surface area contributed by atoms with Gasteiger partial charge in [-0.2, -0.15) is 0 Å². The van der Waals surface area contributed by atoms with Crippen molar-refractivity contribution in [2.45, 2.75) is 6.42 Å². The lowest BCUT2D eigenvalue weighted by Gasteiger charge is -2.10. The van der Waals surface area contributed by atoms with Crippen molar-refractivity contribution in [1.82, 2.24) is 0 Å². The third-order valence-electron chi connectivity index (χ3n) is 3.68. The maximum absolute atomic E-state index is 4.68. The summed E-state index contributed by atoms with van der Waals surface area (Å²) >= 11 is 1.72. The molecule has 2 aromatic rings. The molecule has 2 N–H and O–H groups in total. The minimum absolute atomic E-state index is 0. The van der Waals surface area contributed by atoms with Gasteiger partial charge in [-0.05, 0) is 34.7 Å². The van der Waals surface area contributed by atoms with Crippen molar-refractivity contribution < 1.29 is 5.48 Å². The van der Waals surface area contributed by atoms with E-state index in [1.54, 1.807) is 11.3 Å². The minimum atomic E-state index is 0. The highest BCUT2D eigenvalue weighted by molar-refractivity contribution is 7.12. The summed E-state index contributed by atoms with van der Waals surface area (Å²) in [6, 6.07) is 20.6. The lowest BCUT2D eigenvalue weighted by Crippen LogP contribution is -1.96. The second-order valence-electron chi connectivity index (χ2n) is 5.12. The van der Waals surface area contributed by atoms with Crippen molar-refractivity contribution in [3.05, 3.63) is 70.9 Å². The second kappa shape index (κ2) is 6.69. The number of nitrogens with zero attached hydrogens (tertiary/aromatic N) is 2. The highest BCUT2D eigenvalue weighted by Crippen LogP contribution is 2.30. The predicted octanol–water partition coefficient (Wildman–Crippen LogP) is 4.82. The number of para-hydroxylation sites is 2. The average molecular weight is 320 g/mol. The van der Waals surface area contributed by atoms with Gasteiger partial charge in [0.2, 0.25) is 0 Å². The zero-order valence-corrected chi connectivity index (χ0v) is 13.3. The zero-order chi connectivity index (χ0) is 14.8. The Morgan fingerprint density at radius 3 is 2.04 bits per heavy atom. The second-order valence-corrected chi connectivity index (χ2v) is 6.07. The van der Waals surface area contributed by atoms with E-state index in [2.05, 4.69) is 51.8 Å². The van der Waals surface area contributed by atoms with Crippen LogP contribution in [0.15, 0.2) is 76.0 Å². The van der Waals surface area contributed by atoms with Gasteiger partial charge in [-0.25, -0.2) is 4.99 Å². The van der Waals surface area contributed by atoms with Crippen molar-refractivity contribution in [3.63, 3.8) is 0 Å². The van der Waals surface area contributed by atoms with Gasteiger partial charge in [-0.3, -0.25) is 4.99 Å². The van der Waals surface area contributed by atoms with Crippen molar-refractivity contribution >= 4 is 34.6 Å². The molecule has 0 saturated heterocycles. The molecule has 2 aliphatic carbocycles. The van der Waals surface area contributed by atoms with Crippen LogP contribution in [0.4, 0.5) is 11.4 Å². The van der Waals surface area contributed by atoms with Gasteiger partial charge in [-0.15, -0.1) is 11.3 Å². The Labute approximate surface area is 139 Å². The van der Waals surface area contributed by atoms with E-state index in [-0.39, 0.29) is 5.48 Å². The third kappa shape index (κ3) is 3.13. The maximum atomic E-state index is 4.68. The monoisotopic (exact) mass is 320 g/mol. The van der Waals surface area contributed by atoms with E-state index in [0.717, 1.165) is 23.5 Å². The number of thiophene rings is 1. The van der Waals surface area contributed by atoms with Gasteiger partial charge in [0, 0.05) is 17.5 Å². The Bertz CT molecular complexity index is 828. The molecule has 0 spiro atoms. The number of aliphatic imine (C=N–C) groups is 2. The summed E-state index contributed by atoms with van der Waals surface area (Å²) in [5.41, 5.74) is 5.86. The van der Waals surface area contributed by atoms with Crippen LogP contribution in [0.3, 0.4) is 0 Å². The van der Waals surface area contributed by atoms with Crippen LogP contribution >= 0.6 is 11.3 Å². The molecule has 1 aliphatic heterocycles. The van der Waals surface area contributed by atoms with Crippen LogP contribution in [0.25, 0.3) is 11.1 Å². The molecule has 4 heteroatoms. The fraction of sp³-hybridized carbons (Fsp3) is 0.0526. The molecular weight excluding hydrogens is 304 g/mol. The van der Waals surface area contributed by atoms with Gasteiger partial charge in [0.25, 0.3) is 0 Å². The third-order valence-corrected chi connectivity index (χ3v) is 4.59. The summed E-state index contributed by atoms with van der Waals surface area (Å²) in [5, 5.41) is 2.08. The normalized spacial score (nSPS) is 12.8. The Balaban J connectivity index is 0.000000186. The minimum Gasteiger partial charge on any atom is -0.412 e. The molecular formula is C19H16N2OS. The van der Waals surface area contributed by atoms with Crippen molar-refractivity contribution in [2.24, 2.45) is 9.98 Å². The van der Waals surface area contributed by atoms with Crippen LogP contribution in [0.2, 0.25) is 0 Å². The number of rotatable bonds is 1. The molecule has 5 rings (SSSR count). The molecule has 23 heavy (non-hydrogen) atoms. The lowest BCUT2D eigenvalue weighted by molar-refractivity contribution is 0.824. The quantitative estimate of drug-likeness (QED) is 0.483. The highest BCUT2D eigenvalue weighted by Gasteiger charge is 2.08. The number of benzene rings is 2. The van der Waals surface area contributed by atoms with Gasteiger partial charge < -0.3 is 5.48 Å². The van der Waals surface area contributed by atoms with Crippen LogP contribution in [0, 0.1) is 0 Å². The average Bonchev–Trinajstić information content (AvgIpc) is 2.98. The topological polar surface area (TPSA) is 56.2 Å². The molecule has 0 unspecified atom stereocenters. The van der Waals surface area contributed by atoms with E-state index in [4.69, 9.17) is 0 Å². The van der Waals surface area contributed by atoms with Gasteiger partial charge in [-0.1, -0.05) is 42.5 Å². The first-order valence-electron chi connectivity index (χ1n) is 7.23. The molecule has 0 bridgehead atoms. The van der Waals surface area contributed by atoms with E-state index in [1.807, 2.05) is 30.5 Å². The summed E-state index contributed by atoms with van der Waals surface area (Å²) < 4.78 is 0.